The van der Waals surface area contributed by atoms with Gasteiger partial charge in [0, 0.05) is 12.6 Å². The van der Waals surface area contributed by atoms with Gasteiger partial charge in [0.05, 0.1) is 0 Å². The molecule has 1 atom stereocenters. The first-order valence-electron chi connectivity index (χ1n) is 5.35. The van der Waals surface area contributed by atoms with Crippen LogP contribution in [0.1, 0.15) is 5.56 Å². The summed E-state index contributed by atoms with van der Waals surface area (Å²) in [5.74, 6) is -1.21. The summed E-state index contributed by atoms with van der Waals surface area (Å²) < 4.78 is 0. The minimum atomic E-state index is -0.956. The van der Waals surface area contributed by atoms with Gasteiger partial charge in [0.1, 0.15) is 6.04 Å². The van der Waals surface area contributed by atoms with E-state index in [9.17, 15) is 9.59 Å². The molecule has 6 nitrogen and oxygen atoms in total. The number of nitrogens with two attached hydrogens (primary N) is 1. The summed E-state index contributed by atoms with van der Waals surface area (Å²) in [6.45, 7) is -0.0999. The van der Waals surface area contributed by atoms with Gasteiger partial charge in [0.25, 0.3) is 5.91 Å². The fraction of sp³-hybridized carbons (Fsp3) is 0.167. The number of nitrogens with one attached hydrogen (secondary N) is 2. The van der Waals surface area contributed by atoms with Gasteiger partial charge in [-0.3, -0.25) is 14.8 Å². The fourth-order valence-corrected chi connectivity index (χ4v) is 1.27. The zero-order chi connectivity index (χ0) is 13.4. The minimum Gasteiger partial charge on any atom is -0.339 e. The molecule has 0 heterocycles. The van der Waals surface area contributed by atoms with Crippen molar-refractivity contribution in [3.8, 4) is 0 Å². The number of hydroxylamine groups is 1. The van der Waals surface area contributed by atoms with Gasteiger partial charge in [0.2, 0.25) is 5.91 Å². The monoisotopic (exact) mass is 249 g/mol. The quantitative estimate of drug-likeness (QED) is 0.325. The number of rotatable bonds is 5. The lowest BCUT2D eigenvalue weighted by molar-refractivity contribution is -0.133. The molecule has 0 aliphatic heterocycles. The van der Waals surface area contributed by atoms with Gasteiger partial charge < -0.3 is 11.1 Å². The third-order valence-corrected chi connectivity index (χ3v) is 2.21. The summed E-state index contributed by atoms with van der Waals surface area (Å²) in [5, 5.41) is 10.8. The minimum absolute atomic E-state index is 0.0999. The molecule has 0 radical (unpaired) electrons. The second-order valence-electron chi connectivity index (χ2n) is 3.52. The molecule has 0 fully saturated rings. The highest BCUT2D eigenvalue weighted by Gasteiger charge is 2.16. The lowest BCUT2D eigenvalue weighted by atomic mass is 10.2. The molecule has 6 heteroatoms. The Balaban J connectivity index is 2.56. The first kappa shape index (κ1) is 13.9. The molecule has 0 aromatic heterocycles. The van der Waals surface area contributed by atoms with Crippen molar-refractivity contribution in [1.29, 1.82) is 0 Å². The van der Waals surface area contributed by atoms with E-state index < -0.39 is 17.9 Å². The van der Waals surface area contributed by atoms with Crippen LogP contribution < -0.4 is 16.5 Å². The van der Waals surface area contributed by atoms with Crippen molar-refractivity contribution in [3.05, 3.63) is 42.0 Å². The molecule has 1 rings (SSSR count). The number of hydrogen-bond acceptors (Lipinski definition) is 4. The van der Waals surface area contributed by atoms with Crippen molar-refractivity contribution in [1.82, 2.24) is 10.8 Å². The Labute approximate surface area is 104 Å². The maximum Gasteiger partial charge on any atom is 0.267 e. The van der Waals surface area contributed by atoms with Crippen molar-refractivity contribution in [2.45, 2.75) is 6.04 Å². The van der Waals surface area contributed by atoms with Crippen LogP contribution in [0.5, 0.6) is 0 Å². The van der Waals surface area contributed by atoms with Gasteiger partial charge in [-0.15, -0.1) is 0 Å². The highest BCUT2D eigenvalue weighted by atomic mass is 16.5. The molecule has 0 aliphatic rings. The molecule has 5 N–H and O–H groups in total. The molecule has 0 spiro atoms. The van der Waals surface area contributed by atoms with E-state index in [2.05, 4.69) is 5.32 Å². The van der Waals surface area contributed by atoms with Crippen molar-refractivity contribution < 1.29 is 14.8 Å². The van der Waals surface area contributed by atoms with Crippen LogP contribution in [-0.4, -0.2) is 29.6 Å². The van der Waals surface area contributed by atoms with E-state index in [0.717, 1.165) is 5.56 Å². The Morgan fingerprint density at radius 1 is 1.33 bits per heavy atom. The Morgan fingerprint density at radius 3 is 2.56 bits per heavy atom. The van der Waals surface area contributed by atoms with Crippen LogP contribution in [0.4, 0.5) is 0 Å². The van der Waals surface area contributed by atoms with Gasteiger partial charge in [-0.2, -0.15) is 0 Å². The van der Waals surface area contributed by atoms with Crippen LogP contribution in [0, 0.1) is 0 Å². The molecular weight excluding hydrogens is 234 g/mol. The van der Waals surface area contributed by atoms with E-state index in [1.54, 1.807) is 6.08 Å². The number of amides is 2. The molecule has 1 aromatic carbocycles. The van der Waals surface area contributed by atoms with Gasteiger partial charge in [0.15, 0.2) is 0 Å². The Hall–Kier alpha value is -2.18. The van der Waals surface area contributed by atoms with Crippen LogP contribution in [0.3, 0.4) is 0 Å². The Morgan fingerprint density at radius 2 is 2.00 bits per heavy atom. The number of benzene rings is 1. The molecule has 0 saturated heterocycles. The summed E-state index contributed by atoms with van der Waals surface area (Å²) in [4.78, 5) is 22.6. The largest absolute Gasteiger partial charge is 0.339 e. The first-order chi connectivity index (χ1) is 8.67. The molecule has 0 aliphatic carbocycles. The molecular formula is C12H15N3O3. The molecule has 1 unspecified atom stereocenters. The highest BCUT2D eigenvalue weighted by Crippen LogP contribution is 2.00. The maximum atomic E-state index is 11.5. The zero-order valence-corrected chi connectivity index (χ0v) is 9.67. The molecule has 1 aromatic rings. The van der Waals surface area contributed by atoms with E-state index >= 15 is 0 Å². The van der Waals surface area contributed by atoms with E-state index in [1.165, 1.54) is 11.6 Å². The average molecular weight is 249 g/mol. The van der Waals surface area contributed by atoms with Gasteiger partial charge in [-0.25, -0.2) is 5.48 Å². The van der Waals surface area contributed by atoms with E-state index in [0.29, 0.717) is 0 Å². The van der Waals surface area contributed by atoms with Crippen molar-refractivity contribution in [3.63, 3.8) is 0 Å². The van der Waals surface area contributed by atoms with Gasteiger partial charge >= 0.3 is 0 Å². The summed E-state index contributed by atoms with van der Waals surface area (Å²) >= 11 is 0. The summed E-state index contributed by atoms with van der Waals surface area (Å²) in [7, 11) is 0. The van der Waals surface area contributed by atoms with Crippen molar-refractivity contribution >= 4 is 17.9 Å². The smallest absolute Gasteiger partial charge is 0.267 e. The number of carbonyl (C=O) groups is 2. The van der Waals surface area contributed by atoms with Crippen LogP contribution >= 0.6 is 0 Å². The van der Waals surface area contributed by atoms with Crippen LogP contribution in [0.15, 0.2) is 36.4 Å². The standard InChI is InChI=1S/C12H15N3O3/c13-8-10(12(17)15-18)14-11(16)7-6-9-4-2-1-3-5-9/h1-7,10,18H,8,13H2,(H,14,16)(H,15,17). The number of hydrogen-bond donors (Lipinski definition) is 4. The zero-order valence-electron chi connectivity index (χ0n) is 9.67. The second-order valence-corrected chi connectivity index (χ2v) is 3.52. The lowest BCUT2D eigenvalue weighted by Gasteiger charge is -2.12. The van der Waals surface area contributed by atoms with Crippen molar-refractivity contribution in [2.24, 2.45) is 5.73 Å². The van der Waals surface area contributed by atoms with E-state index in [1.807, 2.05) is 30.3 Å². The highest BCUT2D eigenvalue weighted by molar-refractivity contribution is 5.95. The predicted molar refractivity (Wildman–Crippen MR) is 66.4 cm³/mol. The van der Waals surface area contributed by atoms with E-state index in [-0.39, 0.29) is 6.54 Å². The Kier molecular flexibility index (Phi) is 5.56. The van der Waals surface area contributed by atoms with Gasteiger partial charge in [-0.05, 0) is 11.6 Å². The van der Waals surface area contributed by atoms with E-state index in [4.69, 9.17) is 10.9 Å². The Bertz CT molecular complexity index is 431. The van der Waals surface area contributed by atoms with Crippen LogP contribution in [0.25, 0.3) is 6.08 Å². The van der Waals surface area contributed by atoms with Gasteiger partial charge in [-0.1, -0.05) is 30.3 Å². The molecule has 2 amide bonds. The third-order valence-electron chi connectivity index (χ3n) is 2.21. The molecule has 96 valence electrons. The van der Waals surface area contributed by atoms with Crippen LogP contribution in [0.2, 0.25) is 0 Å². The van der Waals surface area contributed by atoms with Crippen LogP contribution in [-0.2, 0) is 9.59 Å². The predicted octanol–water partition coefficient (Wildman–Crippen LogP) is -0.351. The van der Waals surface area contributed by atoms with Crippen molar-refractivity contribution in [2.75, 3.05) is 6.54 Å². The lowest BCUT2D eigenvalue weighted by Crippen LogP contribution is -2.49. The summed E-state index contributed by atoms with van der Waals surface area (Å²) in [5.41, 5.74) is 7.60. The topological polar surface area (TPSA) is 104 Å². The molecule has 0 bridgehead atoms. The summed E-state index contributed by atoms with van der Waals surface area (Å²) in [6.07, 6.45) is 2.91. The molecule has 0 saturated carbocycles. The average Bonchev–Trinajstić information content (AvgIpc) is 2.42. The SMILES string of the molecule is NCC(NC(=O)C=Cc1ccccc1)C(=O)NO. The normalized spacial score (nSPS) is 12.1. The molecule has 18 heavy (non-hydrogen) atoms. The first-order valence-corrected chi connectivity index (χ1v) is 5.35. The second kappa shape index (κ2) is 7.21. The summed E-state index contributed by atoms with van der Waals surface area (Å²) in [6, 6.07) is 8.28. The third kappa shape index (κ3) is 4.36. The fourth-order valence-electron chi connectivity index (χ4n) is 1.27. The maximum absolute atomic E-state index is 11.5. The number of carbonyl (C=O) groups excluding carboxylic acids is 2.